The van der Waals surface area contributed by atoms with Gasteiger partial charge in [-0.15, -0.1) is 0 Å². The van der Waals surface area contributed by atoms with Crippen molar-refractivity contribution in [2.24, 2.45) is 5.92 Å². The van der Waals surface area contributed by atoms with Crippen LogP contribution in [0.1, 0.15) is 68.0 Å². The van der Waals surface area contributed by atoms with E-state index in [-0.39, 0.29) is 17.6 Å². The molecule has 1 aromatic carbocycles. The number of phenols is 1. The van der Waals surface area contributed by atoms with Crippen LogP contribution >= 0.6 is 0 Å². The number of fused-ring (bicyclic) bond motifs is 3. The fourth-order valence-electron chi connectivity index (χ4n) is 3.80. The van der Waals surface area contributed by atoms with Crippen molar-refractivity contribution in [1.29, 1.82) is 0 Å². The van der Waals surface area contributed by atoms with Crippen molar-refractivity contribution in [3.63, 3.8) is 0 Å². The van der Waals surface area contributed by atoms with Crippen LogP contribution in [0.3, 0.4) is 0 Å². The van der Waals surface area contributed by atoms with E-state index in [0.29, 0.717) is 5.75 Å². The van der Waals surface area contributed by atoms with Gasteiger partial charge in [0.2, 0.25) is 0 Å². The molecule has 0 aromatic heterocycles. The van der Waals surface area contributed by atoms with Crippen molar-refractivity contribution in [1.82, 2.24) is 0 Å². The molecule has 0 saturated carbocycles. The number of rotatable bonds is 2. The highest BCUT2D eigenvalue weighted by atomic mass is 16.5. The van der Waals surface area contributed by atoms with Gasteiger partial charge in [-0.25, -0.2) is 0 Å². The molecule has 1 aliphatic carbocycles. The largest absolute Gasteiger partial charge is 0.507 e. The monoisotopic (exact) mass is 289 g/mol. The Kier molecular flexibility index (Phi) is 2.70. The molecule has 1 aliphatic heterocycles. The summed E-state index contributed by atoms with van der Waals surface area (Å²) in [5.41, 5.74) is 1.74. The second kappa shape index (κ2) is 5.08. The number of allylic oxidation sites excluding steroid dienone is 2. The van der Waals surface area contributed by atoms with E-state index < -0.39 is 12.5 Å². The first-order valence-corrected chi connectivity index (χ1v) is 7.89. The predicted molar refractivity (Wildman–Crippen MR) is 86.0 cm³/mol. The lowest BCUT2D eigenvalue weighted by molar-refractivity contribution is 0.0107. The van der Waals surface area contributed by atoms with Gasteiger partial charge in [-0.2, -0.15) is 0 Å². The van der Waals surface area contributed by atoms with Crippen molar-refractivity contribution in [2.75, 3.05) is 0 Å². The molecule has 0 amide bonds. The third-order valence-electron chi connectivity index (χ3n) is 4.83. The summed E-state index contributed by atoms with van der Waals surface area (Å²) in [6.45, 7) is 3.63. The second-order valence-electron chi connectivity index (χ2n) is 6.67. The molecule has 0 radical (unpaired) electrons. The van der Waals surface area contributed by atoms with E-state index in [4.69, 9.17) is 8.85 Å². The van der Waals surface area contributed by atoms with Gasteiger partial charge < -0.3 is 9.84 Å². The molecule has 0 saturated heterocycles. The Morgan fingerprint density at radius 3 is 3.00 bits per heavy atom. The predicted octanol–water partition coefficient (Wildman–Crippen LogP) is 4.96. The summed E-state index contributed by atoms with van der Waals surface area (Å²) < 4.78 is 30.3. The van der Waals surface area contributed by atoms with Crippen LogP contribution in [0.4, 0.5) is 0 Å². The van der Waals surface area contributed by atoms with Gasteiger partial charge >= 0.3 is 0 Å². The average molecular weight is 289 g/mol. The zero-order valence-electron chi connectivity index (χ0n) is 16.1. The third kappa shape index (κ3) is 2.45. The van der Waals surface area contributed by atoms with Crippen LogP contribution in [0.15, 0.2) is 23.8 Å². The Balaban J connectivity index is 2.19. The van der Waals surface area contributed by atoms with Crippen LogP contribution in [0.2, 0.25) is 0 Å². The lowest BCUT2D eigenvalue weighted by atomic mass is 9.68. The lowest BCUT2D eigenvalue weighted by Crippen LogP contribution is -2.45. The average Bonchev–Trinajstić information content (AvgIpc) is 2.45. The summed E-state index contributed by atoms with van der Waals surface area (Å²) in [5, 5.41) is 10.6. The molecule has 0 bridgehead atoms. The molecule has 2 unspecified atom stereocenters. The van der Waals surface area contributed by atoms with Crippen molar-refractivity contribution >= 4 is 0 Å². The molecular weight excluding hydrogens is 260 g/mol. The summed E-state index contributed by atoms with van der Waals surface area (Å²) in [7, 11) is 0. The number of aromatic hydroxyl groups is 1. The number of ether oxygens (including phenoxy) is 1. The summed E-state index contributed by atoms with van der Waals surface area (Å²) in [5.74, 6) is 0.487. The summed E-state index contributed by atoms with van der Waals surface area (Å²) in [4.78, 5) is 0. The van der Waals surface area contributed by atoms with E-state index >= 15 is 0 Å². The maximum atomic E-state index is 10.6. The van der Waals surface area contributed by atoms with Gasteiger partial charge in [-0.1, -0.05) is 25.0 Å². The smallest absolute Gasteiger partial charge is 0.127 e. The van der Waals surface area contributed by atoms with Crippen molar-refractivity contribution in [2.45, 2.75) is 64.8 Å². The van der Waals surface area contributed by atoms with E-state index in [1.165, 1.54) is 5.57 Å². The first-order valence-electron chi connectivity index (χ1n) is 9.39. The van der Waals surface area contributed by atoms with Gasteiger partial charge in [0.15, 0.2) is 0 Å². The highest BCUT2D eigenvalue weighted by molar-refractivity contribution is 5.53. The number of benzene rings is 1. The maximum absolute atomic E-state index is 10.6. The Morgan fingerprint density at radius 1 is 1.48 bits per heavy atom. The Bertz CT molecular complexity index is 678. The normalized spacial score (nSPS) is 33.7. The number of aryl methyl sites for hydroxylation is 1. The van der Waals surface area contributed by atoms with Crippen LogP contribution in [0.25, 0.3) is 0 Å². The van der Waals surface area contributed by atoms with Crippen molar-refractivity contribution < 1.29 is 14.0 Å². The first-order chi connectivity index (χ1) is 11.2. The minimum atomic E-state index is -2.22. The molecule has 3 atom stereocenters. The number of hydrogen-bond acceptors (Lipinski definition) is 2. The van der Waals surface area contributed by atoms with Gasteiger partial charge in [0.1, 0.15) is 17.1 Å². The van der Waals surface area contributed by atoms with E-state index in [1.54, 1.807) is 13.0 Å². The van der Waals surface area contributed by atoms with Gasteiger partial charge in [0.25, 0.3) is 0 Å². The van der Waals surface area contributed by atoms with Crippen LogP contribution in [-0.2, 0) is 6.42 Å². The molecule has 1 aromatic rings. The standard InChI is InChI=1S/C19H26O2/c1-5-6-13-10-16(20)18-14-9-12(2)7-8-15(14)19(3,4)21-17(18)11-13/h9-11,14-15,20H,5-8H2,1-4H3/t14?,15-/m1/s1/i3D3/t14?,15-,19?. The lowest BCUT2D eigenvalue weighted by Gasteiger charge is -2.46. The van der Waals surface area contributed by atoms with Gasteiger partial charge in [0, 0.05) is 21.5 Å². The molecule has 21 heavy (non-hydrogen) atoms. The minimum Gasteiger partial charge on any atom is -0.507 e. The summed E-state index contributed by atoms with van der Waals surface area (Å²) in [6, 6.07) is 3.72. The molecule has 0 spiro atoms. The molecular formula is C19H26O2. The zero-order valence-corrected chi connectivity index (χ0v) is 13.1. The van der Waals surface area contributed by atoms with Crippen LogP contribution in [0, 0.1) is 5.92 Å². The van der Waals surface area contributed by atoms with Gasteiger partial charge in [0.05, 0.1) is 0 Å². The first kappa shape index (κ1) is 11.2. The van der Waals surface area contributed by atoms with E-state index in [1.807, 2.05) is 6.07 Å². The number of phenolic OH excluding ortho intramolecular Hbond substituents is 1. The van der Waals surface area contributed by atoms with Crippen molar-refractivity contribution in [3.8, 4) is 11.5 Å². The van der Waals surface area contributed by atoms with E-state index in [2.05, 4.69) is 19.9 Å². The van der Waals surface area contributed by atoms with Crippen LogP contribution in [-0.4, -0.2) is 10.7 Å². The molecule has 2 aliphatic rings. The van der Waals surface area contributed by atoms with Crippen LogP contribution in [0.5, 0.6) is 11.5 Å². The zero-order chi connectivity index (χ0) is 17.7. The third-order valence-corrected chi connectivity index (χ3v) is 4.83. The molecule has 2 heteroatoms. The molecule has 1 heterocycles. The van der Waals surface area contributed by atoms with Crippen molar-refractivity contribution in [3.05, 3.63) is 34.9 Å². The topological polar surface area (TPSA) is 29.5 Å². The molecule has 114 valence electrons. The SMILES string of the molecule is [2H]C([2H])([2H])C1(C)Oc2cc(CCC)cc(O)c2C2C=C(C)CC[C@H]21. The molecule has 0 fully saturated rings. The van der Waals surface area contributed by atoms with Gasteiger partial charge in [-0.3, -0.25) is 0 Å². The Hall–Kier alpha value is -1.44. The quantitative estimate of drug-likeness (QED) is 0.780. The minimum absolute atomic E-state index is 0.108. The fraction of sp³-hybridized carbons (Fsp3) is 0.579. The summed E-state index contributed by atoms with van der Waals surface area (Å²) >= 11 is 0. The second-order valence-corrected chi connectivity index (χ2v) is 6.67. The summed E-state index contributed by atoms with van der Waals surface area (Å²) in [6.07, 6.45) is 5.55. The van der Waals surface area contributed by atoms with Gasteiger partial charge in [-0.05, 0) is 57.7 Å². The molecule has 3 rings (SSSR count). The molecule has 2 nitrogen and oxygen atoms in total. The Morgan fingerprint density at radius 2 is 2.29 bits per heavy atom. The Labute approximate surface area is 132 Å². The van der Waals surface area contributed by atoms with E-state index in [0.717, 1.165) is 36.8 Å². The highest BCUT2D eigenvalue weighted by Gasteiger charge is 2.45. The van der Waals surface area contributed by atoms with E-state index in [9.17, 15) is 5.11 Å². The number of hydrogen-bond donors (Lipinski definition) is 1. The fourth-order valence-corrected chi connectivity index (χ4v) is 3.80. The molecule has 1 N–H and O–H groups in total. The van der Waals surface area contributed by atoms with Crippen LogP contribution < -0.4 is 4.74 Å². The highest BCUT2D eigenvalue weighted by Crippen LogP contribution is 2.53. The maximum Gasteiger partial charge on any atom is 0.127 e.